The smallest absolute Gasteiger partial charge is 0.457 e. The molecule has 0 saturated carbocycles. The van der Waals surface area contributed by atoms with Gasteiger partial charge in [-0.3, -0.25) is 4.79 Å². The number of alkyl halides is 9. The molecule has 0 fully saturated rings. The zero-order valence-electron chi connectivity index (χ0n) is 9.13. The minimum Gasteiger partial charge on any atom is -0.469 e. The van der Waals surface area contributed by atoms with Crippen LogP contribution in [0.4, 0.5) is 39.5 Å². The Morgan fingerprint density at radius 3 is 1.58 bits per heavy atom. The van der Waals surface area contributed by atoms with Crippen molar-refractivity contribution in [1.82, 2.24) is 0 Å². The predicted molar refractivity (Wildman–Crippen MR) is 42.1 cm³/mol. The van der Waals surface area contributed by atoms with Gasteiger partial charge in [-0.25, -0.2) is 4.39 Å². The first kappa shape index (κ1) is 17.8. The van der Waals surface area contributed by atoms with Crippen molar-refractivity contribution in [3.05, 3.63) is 0 Å². The van der Waals surface area contributed by atoms with Crippen LogP contribution in [-0.2, 0) is 9.53 Å². The van der Waals surface area contributed by atoms with E-state index in [9.17, 15) is 44.3 Å². The van der Waals surface area contributed by atoms with Crippen molar-refractivity contribution in [1.29, 1.82) is 0 Å². The molecule has 0 aliphatic heterocycles. The van der Waals surface area contributed by atoms with E-state index in [1.54, 1.807) is 0 Å². The number of hydrogen-bond acceptors (Lipinski definition) is 2. The maximum Gasteiger partial charge on any atom is 0.457 e. The summed E-state index contributed by atoms with van der Waals surface area (Å²) >= 11 is 0. The first-order chi connectivity index (χ1) is 8.20. The molecule has 1 atom stereocenters. The Labute approximate surface area is 100 Å². The van der Waals surface area contributed by atoms with Crippen LogP contribution in [0.2, 0.25) is 0 Å². The molecule has 19 heavy (non-hydrogen) atoms. The lowest BCUT2D eigenvalue weighted by atomic mass is 9.90. The van der Waals surface area contributed by atoms with Gasteiger partial charge in [0.2, 0.25) is 0 Å². The molecule has 0 aromatic heterocycles. The highest BCUT2D eigenvalue weighted by Crippen LogP contribution is 2.54. The lowest BCUT2D eigenvalue weighted by molar-refractivity contribution is -0.384. The van der Waals surface area contributed by atoms with Gasteiger partial charge in [0, 0.05) is 12.8 Å². The fourth-order valence-corrected chi connectivity index (χ4v) is 1.08. The number of carbonyl (C=O) groups is 1. The van der Waals surface area contributed by atoms with Crippen LogP contribution in [0.3, 0.4) is 0 Å². The van der Waals surface area contributed by atoms with Gasteiger partial charge in [0.05, 0.1) is 7.11 Å². The molecular weight excluding hydrogens is 299 g/mol. The molecule has 11 heteroatoms. The van der Waals surface area contributed by atoms with E-state index in [2.05, 4.69) is 4.74 Å². The summed E-state index contributed by atoms with van der Waals surface area (Å²) in [5.41, 5.74) is -5.91. The minimum absolute atomic E-state index is 0.651. The van der Waals surface area contributed by atoms with Crippen molar-refractivity contribution >= 4 is 5.97 Å². The van der Waals surface area contributed by atoms with Crippen LogP contribution in [0.5, 0.6) is 0 Å². The molecule has 0 amide bonds. The Morgan fingerprint density at radius 2 is 1.32 bits per heavy atom. The number of ether oxygens (including phenoxy) is 1. The van der Waals surface area contributed by atoms with Crippen LogP contribution >= 0.6 is 0 Å². The largest absolute Gasteiger partial charge is 0.469 e. The zero-order chi connectivity index (χ0) is 15.7. The molecule has 2 nitrogen and oxygen atoms in total. The van der Waals surface area contributed by atoms with E-state index in [1.807, 2.05) is 0 Å². The molecular formula is C8H7F9O2. The Kier molecular flexibility index (Phi) is 4.77. The van der Waals surface area contributed by atoms with Gasteiger partial charge in [-0.05, 0) is 0 Å². The van der Waals surface area contributed by atoms with Crippen LogP contribution in [0, 0.1) is 0 Å². The van der Waals surface area contributed by atoms with Gasteiger partial charge in [-0.15, -0.1) is 0 Å². The summed E-state index contributed by atoms with van der Waals surface area (Å²) in [6.45, 7) is 0. The lowest BCUT2D eigenvalue weighted by Crippen LogP contribution is -2.62. The second kappa shape index (κ2) is 5.08. The Balaban J connectivity index is 5.50. The van der Waals surface area contributed by atoms with E-state index in [-0.39, 0.29) is 0 Å². The number of carbonyl (C=O) groups excluding carboxylic acids is 1. The summed E-state index contributed by atoms with van der Waals surface area (Å²) in [6.07, 6.45) is -17.3. The number of hydrogen-bond donors (Lipinski definition) is 0. The summed E-state index contributed by atoms with van der Waals surface area (Å²) in [5.74, 6) is -8.24. The van der Waals surface area contributed by atoms with Crippen molar-refractivity contribution in [3.63, 3.8) is 0 Å². The highest BCUT2D eigenvalue weighted by Gasteiger charge is 2.80. The Bertz CT molecular complexity index is 332. The third-order valence-corrected chi connectivity index (χ3v) is 2.20. The van der Waals surface area contributed by atoms with Gasteiger partial charge in [0.1, 0.15) is 0 Å². The van der Waals surface area contributed by atoms with Crippen molar-refractivity contribution in [2.24, 2.45) is 0 Å². The summed E-state index contributed by atoms with van der Waals surface area (Å²) in [7, 11) is 0.651. The van der Waals surface area contributed by atoms with Crippen LogP contribution < -0.4 is 0 Å². The van der Waals surface area contributed by atoms with Crippen LogP contribution in [0.1, 0.15) is 12.8 Å². The van der Waals surface area contributed by atoms with Crippen molar-refractivity contribution in [2.75, 3.05) is 7.11 Å². The topological polar surface area (TPSA) is 26.3 Å². The summed E-state index contributed by atoms with van der Waals surface area (Å²) in [4.78, 5) is 10.5. The number of rotatable bonds is 4. The van der Waals surface area contributed by atoms with Crippen LogP contribution in [0.15, 0.2) is 0 Å². The fourth-order valence-electron chi connectivity index (χ4n) is 1.08. The van der Waals surface area contributed by atoms with E-state index < -0.39 is 42.8 Å². The van der Waals surface area contributed by atoms with E-state index in [0.717, 1.165) is 0 Å². The molecule has 0 rings (SSSR count). The molecule has 0 aromatic rings. The summed E-state index contributed by atoms with van der Waals surface area (Å²) in [6, 6.07) is 0. The molecule has 0 aromatic carbocycles. The monoisotopic (exact) mass is 306 g/mol. The molecule has 1 unspecified atom stereocenters. The highest BCUT2D eigenvalue weighted by molar-refractivity contribution is 5.69. The fraction of sp³-hybridized carbons (Fsp3) is 0.875. The van der Waals surface area contributed by atoms with Crippen LogP contribution in [0.25, 0.3) is 0 Å². The van der Waals surface area contributed by atoms with E-state index in [0.29, 0.717) is 7.11 Å². The Morgan fingerprint density at radius 1 is 0.895 bits per heavy atom. The van der Waals surface area contributed by atoms with Crippen LogP contribution in [-0.4, -0.2) is 37.0 Å². The van der Waals surface area contributed by atoms with Gasteiger partial charge in [-0.1, -0.05) is 0 Å². The molecule has 0 bridgehead atoms. The van der Waals surface area contributed by atoms with E-state index in [1.165, 1.54) is 0 Å². The van der Waals surface area contributed by atoms with Gasteiger partial charge in [0.25, 0.3) is 5.67 Å². The summed E-state index contributed by atoms with van der Waals surface area (Å²) in [5, 5.41) is 0. The number of methoxy groups -OCH3 is 1. The molecule has 0 aliphatic carbocycles. The molecule has 114 valence electrons. The predicted octanol–water partition coefficient (Wildman–Crippen LogP) is 3.41. The standard InChI is InChI=1S/C8H7F9O2/c1-19-4(18)2-3-5(9,7(12,13)14)6(10,11)8(15,16)17/h2-3H2,1H3. The molecule has 0 spiro atoms. The van der Waals surface area contributed by atoms with Gasteiger partial charge in [-0.2, -0.15) is 35.1 Å². The second-order valence-corrected chi connectivity index (χ2v) is 3.45. The van der Waals surface area contributed by atoms with Crippen molar-refractivity contribution < 1.29 is 49.0 Å². The summed E-state index contributed by atoms with van der Waals surface area (Å²) < 4.78 is 114. The van der Waals surface area contributed by atoms with E-state index in [4.69, 9.17) is 0 Å². The number of esters is 1. The third kappa shape index (κ3) is 3.24. The van der Waals surface area contributed by atoms with Gasteiger partial charge < -0.3 is 4.74 Å². The lowest BCUT2D eigenvalue weighted by Gasteiger charge is -2.35. The first-order valence-electron chi connectivity index (χ1n) is 4.47. The number of halogens is 9. The average Bonchev–Trinajstić information content (AvgIpc) is 2.21. The highest BCUT2D eigenvalue weighted by atomic mass is 19.4. The SMILES string of the molecule is COC(=O)CCC(F)(C(F)(F)F)C(F)(F)C(F)(F)F. The molecule has 0 radical (unpaired) electrons. The first-order valence-corrected chi connectivity index (χ1v) is 4.47. The second-order valence-electron chi connectivity index (χ2n) is 3.45. The van der Waals surface area contributed by atoms with E-state index >= 15 is 0 Å². The van der Waals surface area contributed by atoms with Gasteiger partial charge >= 0.3 is 24.2 Å². The quantitative estimate of drug-likeness (QED) is 0.588. The van der Waals surface area contributed by atoms with Crippen molar-refractivity contribution in [3.8, 4) is 0 Å². The average molecular weight is 306 g/mol. The molecule has 0 aliphatic rings. The maximum absolute atomic E-state index is 13.3. The van der Waals surface area contributed by atoms with Crippen molar-refractivity contribution in [2.45, 2.75) is 36.8 Å². The normalized spacial score (nSPS) is 16.9. The maximum atomic E-state index is 13.3. The Hall–Kier alpha value is -1.16. The molecule has 0 saturated heterocycles. The minimum atomic E-state index is -6.76. The van der Waals surface area contributed by atoms with Gasteiger partial charge in [0.15, 0.2) is 0 Å². The molecule has 0 heterocycles. The molecule has 0 N–H and O–H groups in total. The zero-order valence-corrected chi connectivity index (χ0v) is 9.13. The third-order valence-electron chi connectivity index (χ3n) is 2.20.